The molecule has 3 rings (SSSR count). The fraction of sp³-hybridized carbons (Fsp3) is 0.556. The molecular formula is C18H26N4O3S. The number of piperazine rings is 1. The van der Waals surface area contributed by atoms with Crippen molar-refractivity contribution in [1.82, 2.24) is 14.9 Å². The van der Waals surface area contributed by atoms with Gasteiger partial charge in [0.25, 0.3) is 10.0 Å². The second-order valence-corrected chi connectivity index (χ2v) is 8.43. The van der Waals surface area contributed by atoms with Crippen LogP contribution in [0.3, 0.4) is 0 Å². The smallest absolute Gasteiger partial charge is 0.263 e. The number of amides is 1. The van der Waals surface area contributed by atoms with Gasteiger partial charge in [-0.15, -0.1) is 0 Å². The number of hydrogen-bond acceptors (Lipinski definition) is 5. The number of nitrogens with one attached hydrogen (secondary N) is 2. The number of aliphatic imine (C=N–C) groups is 1. The number of fused-ring (bicyclic) bond motifs is 1. The van der Waals surface area contributed by atoms with Crippen LogP contribution in [0, 0.1) is 0 Å². The summed E-state index contributed by atoms with van der Waals surface area (Å²) >= 11 is 0. The molecule has 26 heavy (non-hydrogen) atoms. The molecule has 2 aliphatic heterocycles. The van der Waals surface area contributed by atoms with Crippen molar-refractivity contribution in [3.05, 3.63) is 29.8 Å². The summed E-state index contributed by atoms with van der Waals surface area (Å²) in [5.41, 5.74) is 0.635. The average molecular weight is 378 g/mol. The highest BCUT2D eigenvalue weighted by atomic mass is 32.2. The molecule has 1 saturated heterocycles. The third-order valence-electron chi connectivity index (χ3n) is 4.80. The average Bonchev–Trinajstić information content (AvgIpc) is 2.89. The van der Waals surface area contributed by atoms with E-state index in [1.165, 1.54) is 0 Å². The van der Waals surface area contributed by atoms with Gasteiger partial charge >= 0.3 is 0 Å². The Hall–Kier alpha value is -1.93. The Morgan fingerprint density at radius 2 is 2.08 bits per heavy atom. The highest BCUT2D eigenvalue weighted by Crippen LogP contribution is 2.22. The maximum Gasteiger partial charge on any atom is 0.263 e. The normalized spacial score (nSPS) is 22.9. The lowest BCUT2D eigenvalue weighted by Crippen LogP contribution is -2.52. The number of unbranched alkanes of at least 4 members (excludes halogenated alkanes) is 2. The molecule has 1 aromatic rings. The lowest BCUT2D eigenvalue weighted by molar-refractivity contribution is -0.134. The van der Waals surface area contributed by atoms with Crippen LogP contribution in [-0.4, -0.2) is 57.3 Å². The topological polar surface area (TPSA) is 90.9 Å². The van der Waals surface area contributed by atoms with Crippen LogP contribution in [0.2, 0.25) is 0 Å². The number of sulfonamides is 1. The van der Waals surface area contributed by atoms with Gasteiger partial charge < -0.3 is 10.2 Å². The summed E-state index contributed by atoms with van der Waals surface area (Å²) in [5.74, 6) is 0.647. The van der Waals surface area contributed by atoms with Crippen molar-refractivity contribution in [2.24, 2.45) is 4.99 Å². The minimum atomic E-state index is -3.47. The predicted molar refractivity (Wildman–Crippen MR) is 101 cm³/mol. The Bertz CT molecular complexity index is 791. The van der Waals surface area contributed by atoms with Crippen LogP contribution in [0.5, 0.6) is 0 Å². The van der Waals surface area contributed by atoms with Gasteiger partial charge in [-0.1, -0.05) is 18.6 Å². The van der Waals surface area contributed by atoms with Gasteiger partial charge in [0.2, 0.25) is 5.91 Å². The SMILES string of the molecule is CC1CNCCN1C(=O)CCCCCN=C1NS(=O)(=O)c2ccccc21. The number of benzene rings is 1. The molecule has 8 heteroatoms. The maximum atomic E-state index is 12.3. The first-order chi connectivity index (χ1) is 12.5. The first-order valence-corrected chi connectivity index (χ1v) is 10.6. The number of rotatable bonds is 6. The Labute approximate surface area is 154 Å². The number of carbonyl (C=O) groups is 1. The zero-order chi connectivity index (χ0) is 18.6. The quantitative estimate of drug-likeness (QED) is 0.726. The minimum Gasteiger partial charge on any atom is -0.337 e. The van der Waals surface area contributed by atoms with Gasteiger partial charge in [-0.2, -0.15) is 0 Å². The van der Waals surface area contributed by atoms with Crippen molar-refractivity contribution in [3.63, 3.8) is 0 Å². The lowest BCUT2D eigenvalue weighted by Gasteiger charge is -2.34. The first kappa shape index (κ1) is 18.8. The number of amidine groups is 1. The summed E-state index contributed by atoms with van der Waals surface area (Å²) in [6.07, 6.45) is 3.13. The molecule has 1 amide bonds. The van der Waals surface area contributed by atoms with Gasteiger partial charge in [0, 0.05) is 44.2 Å². The van der Waals surface area contributed by atoms with Crippen LogP contribution < -0.4 is 10.0 Å². The van der Waals surface area contributed by atoms with Crippen LogP contribution in [-0.2, 0) is 14.8 Å². The van der Waals surface area contributed by atoms with Crippen molar-refractivity contribution >= 4 is 21.8 Å². The molecule has 0 radical (unpaired) electrons. The molecule has 1 fully saturated rings. The molecule has 0 saturated carbocycles. The summed E-state index contributed by atoms with van der Waals surface area (Å²) < 4.78 is 26.5. The molecule has 1 aromatic carbocycles. The van der Waals surface area contributed by atoms with Crippen LogP contribution in [0.1, 0.15) is 38.2 Å². The number of nitrogens with zero attached hydrogens (tertiary/aromatic N) is 2. The highest BCUT2D eigenvalue weighted by Gasteiger charge is 2.29. The Kier molecular flexibility index (Phi) is 5.93. The summed E-state index contributed by atoms with van der Waals surface area (Å²) in [6, 6.07) is 7.12. The lowest BCUT2D eigenvalue weighted by atomic mass is 10.1. The highest BCUT2D eigenvalue weighted by molar-refractivity contribution is 7.90. The second-order valence-electron chi connectivity index (χ2n) is 6.78. The third-order valence-corrected chi connectivity index (χ3v) is 6.20. The van der Waals surface area contributed by atoms with Crippen LogP contribution in [0.4, 0.5) is 0 Å². The molecule has 2 heterocycles. The van der Waals surface area contributed by atoms with Crippen LogP contribution >= 0.6 is 0 Å². The van der Waals surface area contributed by atoms with Gasteiger partial charge in [0.1, 0.15) is 5.84 Å². The van der Waals surface area contributed by atoms with E-state index >= 15 is 0 Å². The molecule has 7 nitrogen and oxygen atoms in total. The van der Waals surface area contributed by atoms with Gasteiger partial charge in [-0.25, -0.2) is 8.42 Å². The van der Waals surface area contributed by atoms with E-state index in [0.29, 0.717) is 24.4 Å². The van der Waals surface area contributed by atoms with Crippen molar-refractivity contribution in [3.8, 4) is 0 Å². The molecule has 1 atom stereocenters. The summed E-state index contributed by atoms with van der Waals surface area (Å²) in [4.78, 5) is 18.9. The Morgan fingerprint density at radius 3 is 2.88 bits per heavy atom. The van der Waals surface area contributed by atoms with E-state index in [2.05, 4.69) is 22.0 Å². The van der Waals surface area contributed by atoms with Crippen LogP contribution in [0.15, 0.2) is 34.2 Å². The van der Waals surface area contributed by atoms with E-state index in [4.69, 9.17) is 0 Å². The minimum absolute atomic E-state index is 0.225. The van der Waals surface area contributed by atoms with E-state index in [0.717, 1.165) is 38.9 Å². The molecule has 2 aliphatic rings. The molecular weight excluding hydrogens is 352 g/mol. The zero-order valence-electron chi connectivity index (χ0n) is 15.1. The van der Waals surface area contributed by atoms with Crippen molar-refractivity contribution in [2.45, 2.75) is 43.5 Å². The number of hydrogen-bond donors (Lipinski definition) is 2. The van der Waals surface area contributed by atoms with E-state index in [-0.39, 0.29) is 16.8 Å². The zero-order valence-corrected chi connectivity index (χ0v) is 15.9. The fourth-order valence-electron chi connectivity index (χ4n) is 3.36. The van der Waals surface area contributed by atoms with Gasteiger partial charge in [-0.05, 0) is 31.9 Å². The summed E-state index contributed by atoms with van der Waals surface area (Å²) in [5, 5.41) is 3.29. The maximum absolute atomic E-state index is 12.3. The van der Waals surface area contributed by atoms with E-state index in [1.54, 1.807) is 24.3 Å². The van der Waals surface area contributed by atoms with Gasteiger partial charge in [0.05, 0.1) is 4.90 Å². The van der Waals surface area contributed by atoms with Gasteiger partial charge in [-0.3, -0.25) is 14.5 Å². The third kappa shape index (κ3) is 4.24. The summed E-state index contributed by atoms with van der Waals surface area (Å²) in [6.45, 7) is 5.13. The largest absolute Gasteiger partial charge is 0.337 e. The Balaban J connectivity index is 1.42. The standard InChI is InChI=1S/C18H26N4O3S/c1-14-13-19-11-12-22(14)17(23)9-3-2-6-10-20-18-15-7-4-5-8-16(15)26(24,25)21-18/h4-5,7-8,14,19H,2-3,6,9-13H2,1H3,(H,20,21). The molecule has 142 valence electrons. The first-order valence-electron chi connectivity index (χ1n) is 9.16. The molecule has 2 N–H and O–H groups in total. The number of carbonyl (C=O) groups excluding carboxylic acids is 1. The molecule has 0 spiro atoms. The van der Waals surface area contributed by atoms with Crippen molar-refractivity contribution < 1.29 is 13.2 Å². The van der Waals surface area contributed by atoms with E-state index < -0.39 is 10.0 Å². The molecule has 0 bridgehead atoms. The van der Waals surface area contributed by atoms with Crippen LogP contribution in [0.25, 0.3) is 0 Å². The van der Waals surface area contributed by atoms with Crippen molar-refractivity contribution in [1.29, 1.82) is 0 Å². The van der Waals surface area contributed by atoms with E-state index in [9.17, 15) is 13.2 Å². The fourth-order valence-corrected chi connectivity index (χ4v) is 4.61. The second kappa shape index (κ2) is 8.18. The van der Waals surface area contributed by atoms with Gasteiger partial charge in [0.15, 0.2) is 0 Å². The summed E-state index contributed by atoms with van der Waals surface area (Å²) in [7, 11) is -3.47. The Morgan fingerprint density at radius 1 is 1.27 bits per heavy atom. The molecule has 1 unspecified atom stereocenters. The van der Waals surface area contributed by atoms with E-state index in [1.807, 2.05) is 4.90 Å². The predicted octanol–water partition coefficient (Wildman–Crippen LogP) is 1.11. The molecule has 0 aliphatic carbocycles. The van der Waals surface area contributed by atoms with Crippen molar-refractivity contribution in [2.75, 3.05) is 26.2 Å². The molecule has 0 aromatic heterocycles. The monoisotopic (exact) mass is 378 g/mol.